The number of fused-ring (bicyclic) bond motifs is 1. The van der Waals surface area contributed by atoms with E-state index in [1.54, 1.807) is 12.3 Å². The Hall–Kier alpha value is -2.66. The zero-order valence-corrected chi connectivity index (χ0v) is 19.1. The van der Waals surface area contributed by atoms with Gasteiger partial charge in [0.15, 0.2) is 0 Å². The van der Waals surface area contributed by atoms with Crippen LogP contribution in [0.2, 0.25) is 0 Å². The van der Waals surface area contributed by atoms with E-state index >= 15 is 0 Å². The molecule has 0 saturated heterocycles. The molecule has 0 N–H and O–H groups in total. The maximum atomic E-state index is 11.6. The average Bonchev–Trinajstić information content (AvgIpc) is 3.23. The summed E-state index contributed by atoms with van der Waals surface area (Å²) in [7, 11) is 2.19. The monoisotopic (exact) mass is 437 g/mol. The van der Waals surface area contributed by atoms with Crippen molar-refractivity contribution in [1.29, 1.82) is 0 Å². The summed E-state index contributed by atoms with van der Waals surface area (Å²) in [5, 5.41) is 0. The van der Waals surface area contributed by atoms with Gasteiger partial charge in [-0.25, -0.2) is 0 Å². The summed E-state index contributed by atoms with van der Waals surface area (Å²) >= 11 is 0. The van der Waals surface area contributed by atoms with Crippen molar-refractivity contribution >= 4 is 18.6 Å². The summed E-state index contributed by atoms with van der Waals surface area (Å²) in [5.74, 6) is 1.23. The van der Waals surface area contributed by atoms with Gasteiger partial charge in [0.05, 0.1) is 6.26 Å². The molecule has 1 heterocycles. The normalized spacial score (nSPS) is 19.1. The minimum Gasteiger partial charge on any atom is -0.492 e. The molecule has 0 radical (unpaired) electrons. The standard InChI is InChI=1S/C27H35NO4/c1-3-8-24(31-16-14-28(2)23-10-5-4-6-11-23)17-21-12-13-27-25(18-21)26(20-32-27)22(19-30)9-7-15-29/h3,8,12-13,15,17,19-20,22-23H,1,4-7,9-11,14,16,18H2,2H3/b21-17-,24-8+. The van der Waals surface area contributed by atoms with E-state index in [1.807, 2.05) is 24.3 Å². The molecule has 1 aromatic rings. The van der Waals surface area contributed by atoms with Crippen LogP contribution >= 0.6 is 0 Å². The summed E-state index contributed by atoms with van der Waals surface area (Å²) < 4.78 is 11.8. The molecule has 1 saturated carbocycles. The third kappa shape index (κ3) is 6.42. The zero-order valence-electron chi connectivity index (χ0n) is 19.1. The molecule has 172 valence electrons. The molecule has 1 fully saturated rings. The lowest BCUT2D eigenvalue weighted by atomic mass is 9.88. The highest BCUT2D eigenvalue weighted by Gasteiger charge is 2.23. The Kier molecular flexibility index (Phi) is 9.29. The van der Waals surface area contributed by atoms with Crippen LogP contribution in [0.1, 0.15) is 67.8 Å². The first-order chi connectivity index (χ1) is 15.7. The number of allylic oxidation sites excluding steroid dienone is 5. The van der Waals surface area contributed by atoms with Crippen molar-refractivity contribution in [2.75, 3.05) is 20.2 Å². The van der Waals surface area contributed by atoms with Crippen molar-refractivity contribution < 1.29 is 18.7 Å². The second-order valence-corrected chi connectivity index (χ2v) is 8.68. The van der Waals surface area contributed by atoms with Gasteiger partial charge in [-0.2, -0.15) is 0 Å². The molecule has 3 rings (SSSR count). The van der Waals surface area contributed by atoms with E-state index in [1.165, 1.54) is 32.1 Å². The molecule has 0 bridgehead atoms. The molecule has 2 aliphatic carbocycles. The van der Waals surface area contributed by atoms with Crippen molar-refractivity contribution in [2.24, 2.45) is 0 Å². The van der Waals surface area contributed by atoms with Gasteiger partial charge in [-0.05, 0) is 50.1 Å². The van der Waals surface area contributed by atoms with Crippen molar-refractivity contribution in [3.63, 3.8) is 0 Å². The summed E-state index contributed by atoms with van der Waals surface area (Å²) in [6, 6.07) is 0.668. The van der Waals surface area contributed by atoms with E-state index in [0.29, 0.717) is 31.9 Å². The van der Waals surface area contributed by atoms with Gasteiger partial charge in [0.2, 0.25) is 0 Å². The number of ether oxygens (including phenoxy) is 1. The molecule has 5 nitrogen and oxygen atoms in total. The number of nitrogens with zero attached hydrogens (tertiary/aromatic N) is 1. The molecule has 5 heteroatoms. The molecule has 1 atom stereocenters. The summed E-state index contributed by atoms with van der Waals surface area (Å²) in [5.41, 5.74) is 2.96. The van der Waals surface area contributed by atoms with Gasteiger partial charge in [0.25, 0.3) is 0 Å². The van der Waals surface area contributed by atoms with Crippen LogP contribution in [-0.4, -0.2) is 43.7 Å². The molecule has 0 spiro atoms. The second-order valence-electron chi connectivity index (χ2n) is 8.68. The van der Waals surface area contributed by atoms with Crippen molar-refractivity contribution in [1.82, 2.24) is 4.90 Å². The Labute approximate surface area is 191 Å². The predicted molar refractivity (Wildman–Crippen MR) is 127 cm³/mol. The smallest absolute Gasteiger partial charge is 0.130 e. The highest BCUT2D eigenvalue weighted by atomic mass is 16.5. The van der Waals surface area contributed by atoms with Crippen LogP contribution in [-0.2, 0) is 20.7 Å². The van der Waals surface area contributed by atoms with Crippen LogP contribution in [0.3, 0.4) is 0 Å². The van der Waals surface area contributed by atoms with E-state index < -0.39 is 0 Å². The first kappa shape index (κ1) is 24.0. The molecule has 1 unspecified atom stereocenters. The summed E-state index contributed by atoms with van der Waals surface area (Å²) in [4.78, 5) is 24.8. The molecule has 0 amide bonds. The molecular formula is C27H35NO4. The third-order valence-corrected chi connectivity index (χ3v) is 6.47. The van der Waals surface area contributed by atoms with Crippen LogP contribution in [0.15, 0.2) is 52.9 Å². The van der Waals surface area contributed by atoms with Crippen molar-refractivity contribution in [2.45, 2.75) is 63.3 Å². The number of furan rings is 1. The van der Waals surface area contributed by atoms with E-state index in [0.717, 1.165) is 47.3 Å². The van der Waals surface area contributed by atoms with Gasteiger partial charge >= 0.3 is 0 Å². The Morgan fingerprint density at radius 2 is 2.09 bits per heavy atom. The molecule has 0 aromatic carbocycles. The number of aldehydes is 2. The molecule has 32 heavy (non-hydrogen) atoms. The average molecular weight is 438 g/mol. The predicted octanol–water partition coefficient (Wildman–Crippen LogP) is 5.39. The number of carbonyl (C=O) groups is 2. The van der Waals surface area contributed by atoms with Crippen molar-refractivity contribution in [3.8, 4) is 0 Å². The molecule has 0 aliphatic heterocycles. The Bertz CT molecular complexity index is 870. The fourth-order valence-electron chi connectivity index (χ4n) is 4.59. The van der Waals surface area contributed by atoms with Crippen LogP contribution in [0, 0.1) is 0 Å². The first-order valence-electron chi connectivity index (χ1n) is 11.7. The van der Waals surface area contributed by atoms with Gasteiger partial charge in [-0.1, -0.05) is 38.0 Å². The molecule has 1 aromatic heterocycles. The summed E-state index contributed by atoms with van der Waals surface area (Å²) in [6.07, 6.45) is 21.1. The number of likely N-dealkylation sites (N-methyl/N-ethyl adjacent to an activating group) is 1. The fraction of sp³-hybridized carbons (Fsp3) is 0.481. The number of rotatable bonds is 12. The topological polar surface area (TPSA) is 59.8 Å². The van der Waals surface area contributed by atoms with Crippen LogP contribution in [0.5, 0.6) is 0 Å². The molecular weight excluding hydrogens is 402 g/mol. The number of hydrogen-bond acceptors (Lipinski definition) is 5. The van der Waals surface area contributed by atoms with Gasteiger partial charge in [-0.15, -0.1) is 0 Å². The van der Waals surface area contributed by atoms with Gasteiger partial charge in [0.1, 0.15) is 30.7 Å². The Morgan fingerprint density at radius 3 is 2.81 bits per heavy atom. The van der Waals surface area contributed by atoms with Gasteiger partial charge in [0, 0.05) is 42.5 Å². The van der Waals surface area contributed by atoms with E-state index in [9.17, 15) is 9.59 Å². The lowest BCUT2D eigenvalue weighted by molar-refractivity contribution is -0.109. The van der Waals surface area contributed by atoms with Gasteiger partial charge < -0.3 is 23.6 Å². The van der Waals surface area contributed by atoms with Crippen molar-refractivity contribution in [3.05, 3.63) is 65.4 Å². The second kappa shape index (κ2) is 12.4. The van der Waals surface area contributed by atoms with Gasteiger partial charge in [-0.3, -0.25) is 0 Å². The minimum absolute atomic E-state index is 0.324. The van der Waals surface area contributed by atoms with E-state index in [-0.39, 0.29) is 5.92 Å². The minimum atomic E-state index is -0.324. The Balaban J connectivity index is 1.63. The highest BCUT2D eigenvalue weighted by Crippen LogP contribution is 2.33. The van der Waals surface area contributed by atoms with Crippen LogP contribution in [0.4, 0.5) is 0 Å². The zero-order chi connectivity index (χ0) is 22.8. The van der Waals surface area contributed by atoms with E-state index in [2.05, 4.69) is 18.5 Å². The largest absolute Gasteiger partial charge is 0.492 e. The van der Waals surface area contributed by atoms with Crippen LogP contribution in [0.25, 0.3) is 6.08 Å². The number of carbonyl (C=O) groups excluding carboxylic acids is 2. The fourth-order valence-corrected chi connectivity index (χ4v) is 4.59. The number of hydrogen-bond donors (Lipinski definition) is 0. The highest BCUT2D eigenvalue weighted by molar-refractivity contribution is 5.68. The molecule has 2 aliphatic rings. The Morgan fingerprint density at radius 1 is 1.28 bits per heavy atom. The SMILES string of the molecule is C=C/C=C(\C=C1\C=Cc2occ(C(C=O)CCC=O)c2C1)OCCN(C)C1CCCCC1. The third-order valence-electron chi connectivity index (χ3n) is 6.47. The lowest BCUT2D eigenvalue weighted by Crippen LogP contribution is -2.35. The quantitative estimate of drug-likeness (QED) is 0.249. The maximum Gasteiger partial charge on any atom is 0.130 e. The lowest BCUT2D eigenvalue weighted by Gasteiger charge is -2.31. The van der Waals surface area contributed by atoms with Crippen LogP contribution < -0.4 is 0 Å². The first-order valence-corrected chi connectivity index (χ1v) is 11.7. The van der Waals surface area contributed by atoms with E-state index in [4.69, 9.17) is 9.15 Å². The maximum absolute atomic E-state index is 11.6. The summed E-state index contributed by atoms with van der Waals surface area (Å²) in [6.45, 7) is 5.34.